The molecule has 1 aromatic heterocycles. The van der Waals surface area contributed by atoms with Crippen LogP contribution >= 0.6 is 0 Å². The molecule has 1 aliphatic rings. The van der Waals surface area contributed by atoms with Gasteiger partial charge in [-0.05, 0) is 38.1 Å². The summed E-state index contributed by atoms with van der Waals surface area (Å²) < 4.78 is 17.0. The Bertz CT molecular complexity index is 784. The number of nitrogens with zero attached hydrogens (tertiary/aromatic N) is 1. The van der Waals surface area contributed by atoms with Crippen LogP contribution in [0.1, 0.15) is 35.0 Å². The first-order valence-electron chi connectivity index (χ1n) is 8.39. The maximum absolute atomic E-state index is 12.7. The largest absolute Gasteiger partial charge is 0.491 e. The molecule has 1 fully saturated rings. The fourth-order valence-electron chi connectivity index (χ4n) is 2.98. The van der Waals surface area contributed by atoms with Gasteiger partial charge in [0, 0.05) is 6.54 Å². The molecule has 7 nitrogen and oxygen atoms in total. The number of nitrogens with two attached hydrogens (primary N) is 1. The number of primary amides is 1. The van der Waals surface area contributed by atoms with Crippen molar-refractivity contribution in [1.82, 2.24) is 4.90 Å². The summed E-state index contributed by atoms with van der Waals surface area (Å²) in [7, 11) is 0. The van der Waals surface area contributed by atoms with E-state index in [1.807, 2.05) is 44.2 Å². The predicted molar refractivity (Wildman–Crippen MR) is 94.0 cm³/mol. The molecule has 0 bridgehead atoms. The number of hydrogen-bond acceptors (Lipinski definition) is 5. The van der Waals surface area contributed by atoms with Crippen molar-refractivity contribution in [2.45, 2.75) is 25.6 Å². The Hall–Kier alpha value is -2.80. The van der Waals surface area contributed by atoms with Crippen LogP contribution < -0.4 is 10.5 Å². The third-order valence-corrected chi connectivity index (χ3v) is 4.01. The number of morpholine rings is 1. The first-order valence-corrected chi connectivity index (χ1v) is 8.39. The standard InChI is InChI=1S/C19H22N2O5/c1-19(2)12-21(18(23)16-9-8-15(25-16)17(20)22)10-14(26-19)11-24-13-6-4-3-5-7-13/h3-9,14H,10-12H2,1-2H3,(H2,20,22)/t14-/m0/s1. The second kappa shape index (κ2) is 7.21. The molecule has 1 aliphatic heterocycles. The molecule has 0 spiro atoms. The van der Waals surface area contributed by atoms with E-state index in [1.165, 1.54) is 12.1 Å². The zero-order valence-corrected chi connectivity index (χ0v) is 14.8. The van der Waals surface area contributed by atoms with Crippen molar-refractivity contribution in [3.63, 3.8) is 0 Å². The molecule has 2 N–H and O–H groups in total. The van der Waals surface area contributed by atoms with Crippen LogP contribution in [0.15, 0.2) is 46.9 Å². The van der Waals surface area contributed by atoms with E-state index < -0.39 is 11.5 Å². The summed E-state index contributed by atoms with van der Waals surface area (Å²) in [6.07, 6.45) is -0.284. The predicted octanol–water partition coefficient (Wildman–Crippen LogP) is 2.08. The molecule has 2 heterocycles. The Kier molecular flexibility index (Phi) is 4.99. The molecule has 0 unspecified atom stereocenters. The molecule has 7 heteroatoms. The van der Waals surface area contributed by atoms with Crippen LogP contribution in [0.2, 0.25) is 0 Å². The number of furan rings is 1. The number of para-hydroxylation sites is 1. The van der Waals surface area contributed by atoms with Crippen LogP contribution in [0, 0.1) is 0 Å². The van der Waals surface area contributed by atoms with E-state index in [9.17, 15) is 9.59 Å². The van der Waals surface area contributed by atoms with Gasteiger partial charge >= 0.3 is 0 Å². The molecule has 0 saturated carbocycles. The van der Waals surface area contributed by atoms with Crippen LogP contribution in [0.4, 0.5) is 0 Å². The minimum Gasteiger partial charge on any atom is -0.491 e. The summed E-state index contributed by atoms with van der Waals surface area (Å²) in [5.74, 6) is -0.224. The van der Waals surface area contributed by atoms with Gasteiger partial charge in [-0.25, -0.2) is 0 Å². The molecule has 3 rings (SSSR count). The smallest absolute Gasteiger partial charge is 0.289 e. The van der Waals surface area contributed by atoms with Crippen molar-refractivity contribution in [3.05, 3.63) is 54.0 Å². The molecular formula is C19H22N2O5. The SMILES string of the molecule is CC1(C)CN(C(=O)c2ccc(C(N)=O)o2)C[C@@H](COc2ccccc2)O1. The highest BCUT2D eigenvalue weighted by Gasteiger charge is 2.37. The summed E-state index contributed by atoms with van der Waals surface area (Å²) in [4.78, 5) is 25.5. The average molecular weight is 358 g/mol. The molecule has 2 amide bonds. The average Bonchev–Trinajstić information content (AvgIpc) is 3.09. The lowest BCUT2D eigenvalue weighted by molar-refractivity contribution is -0.137. The first kappa shape index (κ1) is 18.0. The molecule has 1 atom stereocenters. The second-order valence-corrected chi connectivity index (χ2v) is 6.84. The van der Waals surface area contributed by atoms with Gasteiger partial charge in [0.15, 0.2) is 11.5 Å². The minimum absolute atomic E-state index is 0.0372. The van der Waals surface area contributed by atoms with Gasteiger partial charge in [-0.15, -0.1) is 0 Å². The number of benzene rings is 1. The molecule has 2 aromatic rings. The Morgan fingerprint density at radius 1 is 1.19 bits per heavy atom. The number of rotatable bonds is 5. The van der Waals surface area contributed by atoms with E-state index in [2.05, 4.69) is 0 Å². The van der Waals surface area contributed by atoms with Gasteiger partial charge < -0.3 is 24.5 Å². The quantitative estimate of drug-likeness (QED) is 0.883. The van der Waals surface area contributed by atoms with Crippen LogP contribution in [0.3, 0.4) is 0 Å². The lowest BCUT2D eigenvalue weighted by atomic mass is 10.0. The minimum atomic E-state index is -0.708. The van der Waals surface area contributed by atoms with E-state index in [0.29, 0.717) is 19.7 Å². The van der Waals surface area contributed by atoms with Crippen LogP contribution in [0.25, 0.3) is 0 Å². The van der Waals surface area contributed by atoms with E-state index in [-0.39, 0.29) is 23.5 Å². The molecule has 1 aromatic carbocycles. The maximum atomic E-state index is 12.7. The van der Waals surface area contributed by atoms with E-state index in [1.54, 1.807) is 4.90 Å². The molecular weight excluding hydrogens is 336 g/mol. The fraction of sp³-hybridized carbons (Fsp3) is 0.368. The lowest BCUT2D eigenvalue weighted by Gasteiger charge is -2.42. The number of carbonyl (C=O) groups excluding carboxylic acids is 2. The Balaban J connectivity index is 1.68. The van der Waals surface area contributed by atoms with E-state index >= 15 is 0 Å². The number of ether oxygens (including phenoxy) is 2. The highest BCUT2D eigenvalue weighted by molar-refractivity contribution is 5.95. The topological polar surface area (TPSA) is 95.0 Å². The lowest BCUT2D eigenvalue weighted by Crippen LogP contribution is -2.56. The summed E-state index contributed by atoms with van der Waals surface area (Å²) in [6.45, 7) is 4.92. The zero-order chi connectivity index (χ0) is 18.7. The summed E-state index contributed by atoms with van der Waals surface area (Å²) in [5, 5.41) is 0. The fourth-order valence-corrected chi connectivity index (χ4v) is 2.98. The third-order valence-electron chi connectivity index (χ3n) is 4.01. The maximum Gasteiger partial charge on any atom is 0.289 e. The van der Waals surface area contributed by atoms with Crippen molar-refractivity contribution in [2.75, 3.05) is 19.7 Å². The van der Waals surface area contributed by atoms with Gasteiger partial charge in [0.1, 0.15) is 18.5 Å². The first-order chi connectivity index (χ1) is 12.3. The summed E-state index contributed by atoms with van der Waals surface area (Å²) >= 11 is 0. The Morgan fingerprint density at radius 2 is 1.88 bits per heavy atom. The van der Waals surface area contributed by atoms with E-state index in [4.69, 9.17) is 19.6 Å². The van der Waals surface area contributed by atoms with Crippen LogP contribution in [0.5, 0.6) is 5.75 Å². The van der Waals surface area contributed by atoms with Gasteiger partial charge in [0.05, 0.1) is 12.1 Å². The van der Waals surface area contributed by atoms with Crippen LogP contribution in [-0.4, -0.2) is 48.1 Å². The number of hydrogen-bond donors (Lipinski definition) is 1. The molecule has 0 aliphatic carbocycles. The van der Waals surface area contributed by atoms with Crippen molar-refractivity contribution in [3.8, 4) is 5.75 Å². The summed E-state index contributed by atoms with van der Waals surface area (Å²) in [6, 6.07) is 12.3. The third kappa shape index (κ3) is 4.23. The van der Waals surface area contributed by atoms with Gasteiger partial charge in [-0.3, -0.25) is 9.59 Å². The molecule has 26 heavy (non-hydrogen) atoms. The van der Waals surface area contributed by atoms with E-state index in [0.717, 1.165) is 5.75 Å². The zero-order valence-electron chi connectivity index (χ0n) is 14.8. The van der Waals surface area contributed by atoms with Gasteiger partial charge in [-0.2, -0.15) is 0 Å². The van der Waals surface area contributed by atoms with Crippen LogP contribution in [-0.2, 0) is 4.74 Å². The molecule has 1 saturated heterocycles. The highest BCUT2D eigenvalue weighted by Crippen LogP contribution is 2.24. The van der Waals surface area contributed by atoms with Crippen molar-refractivity contribution >= 4 is 11.8 Å². The van der Waals surface area contributed by atoms with Gasteiger partial charge in [0.2, 0.25) is 0 Å². The number of amides is 2. The highest BCUT2D eigenvalue weighted by atomic mass is 16.5. The molecule has 138 valence electrons. The Labute approximate surface area is 151 Å². The normalized spacial score (nSPS) is 19.2. The Morgan fingerprint density at radius 3 is 2.54 bits per heavy atom. The van der Waals surface area contributed by atoms with Crippen molar-refractivity contribution in [1.29, 1.82) is 0 Å². The summed E-state index contributed by atoms with van der Waals surface area (Å²) in [5.41, 5.74) is 4.64. The second-order valence-electron chi connectivity index (χ2n) is 6.84. The molecule has 0 radical (unpaired) electrons. The van der Waals surface area contributed by atoms with Gasteiger partial charge in [0.25, 0.3) is 11.8 Å². The monoisotopic (exact) mass is 358 g/mol. The van der Waals surface area contributed by atoms with Crippen molar-refractivity contribution < 1.29 is 23.5 Å². The van der Waals surface area contributed by atoms with Gasteiger partial charge in [-0.1, -0.05) is 18.2 Å². The van der Waals surface area contributed by atoms with Crippen molar-refractivity contribution in [2.24, 2.45) is 5.73 Å². The number of carbonyl (C=O) groups is 2.